The van der Waals surface area contributed by atoms with E-state index in [4.69, 9.17) is 0 Å². The number of piperidine rings is 1. The smallest absolute Gasteiger partial charge is 0.220 e. The molecule has 1 aliphatic heterocycles. The quantitative estimate of drug-likeness (QED) is 0.929. The first-order valence-electron chi connectivity index (χ1n) is 8.67. The number of carbonyl (C=O) groups is 1. The maximum absolute atomic E-state index is 12.1. The van der Waals surface area contributed by atoms with Crippen LogP contribution in [0.1, 0.15) is 50.6 Å². The minimum Gasteiger partial charge on any atom is -0.371 e. The average molecular weight is 301 g/mol. The predicted molar refractivity (Wildman–Crippen MR) is 88.9 cm³/mol. The summed E-state index contributed by atoms with van der Waals surface area (Å²) in [5.74, 6) is 0.907. The van der Waals surface area contributed by atoms with Gasteiger partial charge in [0.05, 0.1) is 0 Å². The van der Waals surface area contributed by atoms with Gasteiger partial charge in [-0.1, -0.05) is 12.8 Å². The molecule has 1 N–H and O–H groups in total. The summed E-state index contributed by atoms with van der Waals surface area (Å²) in [5.41, 5.74) is 2.31. The van der Waals surface area contributed by atoms with E-state index < -0.39 is 0 Å². The highest BCUT2D eigenvalue weighted by atomic mass is 16.1. The van der Waals surface area contributed by atoms with Crippen LogP contribution >= 0.6 is 0 Å². The van der Waals surface area contributed by atoms with Crippen LogP contribution in [0.25, 0.3) is 0 Å². The first kappa shape index (κ1) is 15.3. The summed E-state index contributed by atoms with van der Waals surface area (Å²) in [5, 5.41) is 3.25. The summed E-state index contributed by atoms with van der Waals surface area (Å²) in [6.45, 7) is 4.05. The van der Waals surface area contributed by atoms with E-state index in [0.717, 1.165) is 38.0 Å². The topological polar surface area (TPSA) is 45.2 Å². The maximum Gasteiger partial charge on any atom is 0.220 e. The standard InChI is InChI=1S/C18H27N3O/c1-14-12-17(6-9-19-14)21-10-7-16(8-11-21)20-18(22)13-15-4-2-3-5-15/h6,9,12,15-16H,2-5,7-8,10-11,13H2,1H3,(H,20,22). The van der Waals surface area contributed by atoms with E-state index in [1.54, 1.807) is 0 Å². The lowest BCUT2D eigenvalue weighted by Gasteiger charge is -2.34. The molecule has 2 aliphatic rings. The number of nitrogens with zero attached hydrogens (tertiary/aromatic N) is 2. The van der Waals surface area contributed by atoms with Gasteiger partial charge in [-0.25, -0.2) is 0 Å². The molecular formula is C18H27N3O. The third kappa shape index (κ3) is 3.99. The lowest BCUT2D eigenvalue weighted by molar-refractivity contribution is -0.122. The van der Waals surface area contributed by atoms with Crippen molar-refractivity contribution in [2.24, 2.45) is 5.92 Å². The van der Waals surface area contributed by atoms with Crippen molar-refractivity contribution in [3.63, 3.8) is 0 Å². The van der Waals surface area contributed by atoms with Crippen molar-refractivity contribution in [3.8, 4) is 0 Å². The first-order valence-corrected chi connectivity index (χ1v) is 8.67. The largest absolute Gasteiger partial charge is 0.371 e. The number of aryl methyl sites for hydroxylation is 1. The Hall–Kier alpha value is -1.58. The predicted octanol–water partition coefficient (Wildman–Crippen LogP) is 3.06. The van der Waals surface area contributed by atoms with Gasteiger partial charge in [0.15, 0.2) is 0 Å². The number of carbonyl (C=O) groups excluding carboxylic acids is 1. The van der Waals surface area contributed by atoms with Crippen molar-refractivity contribution >= 4 is 11.6 Å². The van der Waals surface area contributed by atoms with Gasteiger partial charge in [0.25, 0.3) is 0 Å². The Morgan fingerprint density at radius 1 is 1.27 bits per heavy atom. The number of nitrogens with one attached hydrogen (secondary N) is 1. The van der Waals surface area contributed by atoms with E-state index in [2.05, 4.69) is 27.3 Å². The van der Waals surface area contributed by atoms with Crippen LogP contribution in [-0.2, 0) is 4.79 Å². The highest BCUT2D eigenvalue weighted by Gasteiger charge is 2.23. The zero-order valence-corrected chi connectivity index (χ0v) is 13.6. The summed E-state index contributed by atoms with van der Waals surface area (Å²) >= 11 is 0. The summed E-state index contributed by atoms with van der Waals surface area (Å²) in [6.07, 6.45) is 9.79. The SMILES string of the molecule is Cc1cc(N2CCC(NC(=O)CC3CCCC3)CC2)ccn1. The lowest BCUT2D eigenvalue weighted by atomic mass is 10.0. The third-order valence-corrected chi connectivity index (χ3v) is 5.05. The number of amides is 1. The van der Waals surface area contributed by atoms with Gasteiger partial charge in [-0.15, -0.1) is 0 Å². The molecule has 22 heavy (non-hydrogen) atoms. The Morgan fingerprint density at radius 2 is 2.00 bits per heavy atom. The minimum atomic E-state index is 0.269. The Morgan fingerprint density at radius 3 is 2.68 bits per heavy atom. The molecule has 2 heterocycles. The normalized spacial score (nSPS) is 20.3. The maximum atomic E-state index is 12.1. The Bertz CT molecular complexity index is 503. The molecule has 1 aliphatic carbocycles. The highest BCUT2D eigenvalue weighted by Crippen LogP contribution is 2.27. The minimum absolute atomic E-state index is 0.269. The van der Waals surface area contributed by atoms with Gasteiger partial charge in [-0.3, -0.25) is 9.78 Å². The van der Waals surface area contributed by atoms with Crippen molar-refractivity contribution in [2.75, 3.05) is 18.0 Å². The molecule has 1 saturated carbocycles. The molecule has 4 heteroatoms. The molecule has 0 atom stereocenters. The van der Waals surface area contributed by atoms with Gasteiger partial charge in [0, 0.05) is 43.1 Å². The summed E-state index contributed by atoms with van der Waals surface area (Å²) in [7, 11) is 0. The molecule has 0 bridgehead atoms. The van der Waals surface area contributed by atoms with Crippen LogP contribution < -0.4 is 10.2 Å². The van der Waals surface area contributed by atoms with Crippen LogP contribution in [-0.4, -0.2) is 30.0 Å². The molecule has 1 amide bonds. The molecule has 120 valence electrons. The second-order valence-electron chi connectivity index (χ2n) is 6.84. The number of rotatable bonds is 4. The first-order chi connectivity index (χ1) is 10.7. The highest BCUT2D eigenvalue weighted by molar-refractivity contribution is 5.76. The fourth-order valence-electron chi connectivity index (χ4n) is 3.77. The van der Waals surface area contributed by atoms with Crippen LogP contribution in [0, 0.1) is 12.8 Å². The van der Waals surface area contributed by atoms with Crippen molar-refractivity contribution in [1.82, 2.24) is 10.3 Å². The van der Waals surface area contributed by atoms with Crippen molar-refractivity contribution in [1.29, 1.82) is 0 Å². The third-order valence-electron chi connectivity index (χ3n) is 5.05. The summed E-state index contributed by atoms with van der Waals surface area (Å²) < 4.78 is 0. The van der Waals surface area contributed by atoms with Crippen LogP contribution in [0.5, 0.6) is 0 Å². The van der Waals surface area contributed by atoms with E-state index in [1.807, 2.05) is 13.1 Å². The van der Waals surface area contributed by atoms with E-state index in [1.165, 1.54) is 31.4 Å². The monoisotopic (exact) mass is 301 g/mol. The number of anilines is 1. The molecule has 0 radical (unpaired) electrons. The molecular weight excluding hydrogens is 274 g/mol. The molecule has 3 rings (SSSR count). The van der Waals surface area contributed by atoms with E-state index in [0.29, 0.717) is 12.0 Å². The van der Waals surface area contributed by atoms with Gasteiger partial charge >= 0.3 is 0 Å². The van der Waals surface area contributed by atoms with Gasteiger partial charge in [0.1, 0.15) is 0 Å². The van der Waals surface area contributed by atoms with Crippen LogP contribution in [0.2, 0.25) is 0 Å². The van der Waals surface area contributed by atoms with Crippen LogP contribution in [0.3, 0.4) is 0 Å². The molecule has 2 fully saturated rings. The van der Waals surface area contributed by atoms with Crippen molar-refractivity contribution in [3.05, 3.63) is 24.0 Å². The fraction of sp³-hybridized carbons (Fsp3) is 0.667. The number of hydrogen-bond donors (Lipinski definition) is 1. The van der Waals surface area contributed by atoms with Gasteiger partial charge < -0.3 is 10.2 Å². The number of hydrogen-bond acceptors (Lipinski definition) is 3. The van der Waals surface area contributed by atoms with Gasteiger partial charge in [0.2, 0.25) is 5.91 Å². The molecule has 0 spiro atoms. The Labute approximate surface area is 133 Å². The average Bonchev–Trinajstić information content (AvgIpc) is 3.01. The van der Waals surface area contributed by atoms with Gasteiger partial charge in [-0.2, -0.15) is 0 Å². The molecule has 1 saturated heterocycles. The fourth-order valence-corrected chi connectivity index (χ4v) is 3.77. The van der Waals surface area contributed by atoms with Gasteiger partial charge in [-0.05, 0) is 50.7 Å². The second kappa shape index (κ2) is 7.12. The van der Waals surface area contributed by atoms with E-state index >= 15 is 0 Å². The molecule has 0 unspecified atom stereocenters. The van der Waals surface area contributed by atoms with E-state index in [-0.39, 0.29) is 5.91 Å². The number of aromatic nitrogens is 1. The van der Waals surface area contributed by atoms with Crippen LogP contribution in [0.4, 0.5) is 5.69 Å². The Kier molecular flexibility index (Phi) is 4.96. The lowest BCUT2D eigenvalue weighted by Crippen LogP contribution is -2.45. The molecule has 1 aromatic heterocycles. The van der Waals surface area contributed by atoms with Crippen LogP contribution in [0.15, 0.2) is 18.3 Å². The van der Waals surface area contributed by atoms with E-state index in [9.17, 15) is 4.79 Å². The zero-order valence-electron chi connectivity index (χ0n) is 13.6. The molecule has 0 aromatic carbocycles. The van der Waals surface area contributed by atoms with Crippen molar-refractivity contribution < 1.29 is 4.79 Å². The molecule has 1 aromatic rings. The zero-order chi connectivity index (χ0) is 15.4. The van der Waals surface area contributed by atoms with Crippen molar-refractivity contribution in [2.45, 2.75) is 57.9 Å². The molecule has 4 nitrogen and oxygen atoms in total. The number of pyridine rings is 1. The Balaban J connectivity index is 1.44. The summed E-state index contributed by atoms with van der Waals surface area (Å²) in [4.78, 5) is 18.8. The second-order valence-corrected chi connectivity index (χ2v) is 6.84. The summed E-state index contributed by atoms with van der Waals surface area (Å²) in [6, 6.07) is 4.57.